The summed E-state index contributed by atoms with van der Waals surface area (Å²) in [5.41, 5.74) is 0.135. The van der Waals surface area contributed by atoms with E-state index in [9.17, 15) is 24.1 Å². The molecular formula is C22H17ClFN3O4S. The van der Waals surface area contributed by atoms with E-state index < -0.39 is 16.6 Å². The molecule has 10 heteroatoms. The number of halogens is 2. The van der Waals surface area contributed by atoms with Crippen LogP contribution in [0.15, 0.2) is 70.5 Å². The summed E-state index contributed by atoms with van der Waals surface area (Å²) in [6.07, 6.45) is 0. The zero-order valence-corrected chi connectivity index (χ0v) is 18.5. The number of nitro groups is 1. The van der Waals surface area contributed by atoms with Gasteiger partial charge in [0.1, 0.15) is 5.82 Å². The highest BCUT2D eigenvalue weighted by Gasteiger charge is 2.20. The lowest BCUT2D eigenvalue weighted by molar-refractivity contribution is -0.384. The zero-order chi connectivity index (χ0) is 23.4. The molecule has 0 bridgehead atoms. The van der Waals surface area contributed by atoms with Gasteiger partial charge in [0, 0.05) is 41.6 Å². The maximum atomic E-state index is 14.1. The smallest absolute Gasteiger partial charge is 0.270 e. The lowest BCUT2D eigenvalue weighted by atomic mass is 10.1. The fourth-order valence-electron chi connectivity index (χ4n) is 2.75. The van der Waals surface area contributed by atoms with E-state index in [0.717, 1.165) is 17.8 Å². The van der Waals surface area contributed by atoms with E-state index >= 15 is 0 Å². The molecule has 0 unspecified atom stereocenters. The van der Waals surface area contributed by atoms with Crippen molar-refractivity contribution in [3.8, 4) is 0 Å². The third kappa shape index (κ3) is 5.24. The number of amides is 2. The number of hydrogen-bond donors (Lipinski definition) is 1. The Bertz CT molecular complexity index is 1220. The number of carbonyl (C=O) groups is 2. The highest BCUT2D eigenvalue weighted by molar-refractivity contribution is 7.99. The van der Waals surface area contributed by atoms with Gasteiger partial charge in [-0.25, -0.2) is 4.39 Å². The first-order chi connectivity index (χ1) is 15.2. The Labute approximate surface area is 192 Å². The summed E-state index contributed by atoms with van der Waals surface area (Å²) in [5, 5.41) is 14.0. The van der Waals surface area contributed by atoms with Crippen LogP contribution in [0.4, 0.5) is 15.8 Å². The van der Waals surface area contributed by atoms with E-state index in [1.165, 1.54) is 53.4 Å². The first-order valence-electron chi connectivity index (χ1n) is 9.20. The molecule has 0 saturated carbocycles. The summed E-state index contributed by atoms with van der Waals surface area (Å²) >= 11 is 7.15. The minimum atomic E-state index is -0.691. The molecular weight excluding hydrogens is 457 g/mol. The molecule has 7 nitrogen and oxygen atoms in total. The monoisotopic (exact) mass is 473 g/mol. The summed E-state index contributed by atoms with van der Waals surface area (Å²) in [4.78, 5) is 37.8. The predicted octanol–water partition coefficient (Wildman–Crippen LogP) is 5.49. The highest BCUT2D eigenvalue weighted by Crippen LogP contribution is 2.35. The number of nitro benzene ring substituents is 1. The first-order valence-corrected chi connectivity index (χ1v) is 10.4. The summed E-state index contributed by atoms with van der Waals surface area (Å²) in [5.74, 6) is -1.47. The number of non-ortho nitro benzene ring substituents is 1. The largest absolute Gasteiger partial charge is 0.345 e. The molecule has 3 aromatic carbocycles. The summed E-state index contributed by atoms with van der Waals surface area (Å²) in [7, 11) is 3.18. The molecule has 3 aromatic rings. The highest BCUT2D eigenvalue weighted by atomic mass is 35.5. The predicted molar refractivity (Wildman–Crippen MR) is 121 cm³/mol. The molecule has 0 aliphatic carbocycles. The zero-order valence-electron chi connectivity index (χ0n) is 17.0. The maximum absolute atomic E-state index is 14.1. The molecule has 32 heavy (non-hydrogen) atoms. The second-order valence-corrected chi connectivity index (χ2v) is 8.31. The topological polar surface area (TPSA) is 92.6 Å². The number of hydrogen-bond acceptors (Lipinski definition) is 5. The maximum Gasteiger partial charge on any atom is 0.270 e. The Hall–Kier alpha value is -3.43. The molecule has 0 atom stereocenters. The van der Waals surface area contributed by atoms with Crippen LogP contribution in [0.25, 0.3) is 0 Å². The minimum absolute atomic E-state index is 0.0344. The lowest BCUT2D eigenvalue weighted by Gasteiger charge is -2.14. The van der Waals surface area contributed by atoms with E-state index in [0.29, 0.717) is 10.5 Å². The number of anilines is 1. The molecule has 164 valence electrons. The Morgan fingerprint density at radius 2 is 1.78 bits per heavy atom. The van der Waals surface area contributed by atoms with Crippen molar-refractivity contribution in [3.05, 3.63) is 92.7 Å². The SMILES string of the molecule is CN(C)C(=O)c1ccc(Cl)c(NC(=O)c2cc([N+](=O)[O-])ccc2Sc2ccccc2F)c1. The van der Waals surface area contributed by atoms with Crippen molar-refractivity contribution in [2.75, 3.05) is 19.4 Å². The summed E-state index contributed by atoms with van der Waals surface area (Å²) < 4.78 is 14.1. The fraction of sp³-hybridized carbons (Fsp3) is 0.0909. The van der Waals surface area contributed by atoms with Crippen LogP contribution in [0.3, 0.4) is 0 Å². The number of carbonyl (C=O) groups excluding carboxylic acids is 2. The van der Waals surface area contributed by atoms with Gasteiger partial charge in [0.25, 0.3) is 17.5 Å². The molecule has 0 aliphatic rings. The third-order valence-corrected chi connectivity index (χ3v) is 5.80. The molecule has 2 amide bonds. The van der Waals surface area contributed by atoms with Crippen molar-refractivity contribution in [3.63, 3.8) is 0 Å². The van der Waals surface area contributed by atoms with Crippen molar-refractivity contribution < 1.29 is 18.9 Å². The second-order valence-electron chi connectivity index (χ2n) is 6.82. The fourth-order valence-corrected chi connectivity index (χ4v) is 3.86. The average molecular weight is 474 g/mol. The van der Waals surface area contributed by atoms with Crippen LogP contribution in [0.2, 0.25) is 5.02 Å². The second kappa shape index (κ2) is 9.80. The molecule has 1 N–H and O–H groups in total. The van der Waals surface area contributed by atoms with Crippen molar-refractivity contribution in [2.24, 2.45) is 0 Å². The number of nitrogens with one attached hydrogen (secondary N) is 1. The normalized spacial score (nSPS) is 10.5. The standard InChI is InChI=1S/C22H17ClFN3O4S/c1-26(2)22(29)13-7-9-16(23)18(11-13)25-21(28)15-12-14(27(30)31)8-10-19(15)32-20-6-4-3-5-17(20)24/h3-12H,1-2H3,(H,25,28). The number of nitrogens with zero attached hydrogens (tertiary/aromatic N) is 2. The summed E-state index contributed by atoms with van der Waals surface area (Å²) in [6.45, 7) is 0. The van der Waals surface area contributed by atoms with Crippen LogP contribution in [0, 0.1) is 15.9 Å². The van der Waals surface area contributed by atoms with Gasteiger partial charge in [-0.15, -0.1) is 0 Å². The number of benzene rings is 3. The van der Waals surface area contributed by atoms with Gasteiger partial charge in [-0.2, -0.15) is 0 Å². The molecule has 3 rings (SSSR count). The Kier molecular flexibility index (Phi) is 7.12. The van der Waals surface area contributed by atoms with Crippen molar-refractivity contribution >= 4 is 46.6 Å². The van der Waals surface area contributed by atoms with Gasteiger partial charge in [0.05, 0.1) is 21.2 Å². The van der Waals surface area contributed by atoms with Crippen LogP contribution >= 0.6 is 23.4 Å². The van der Waals surface area contributed by atoms with Gasteiger partial charge in [0.15, 0.2) is 0 Å². The molecule has 0 aromatic heterocycles. The van der Waals surface area contributed by atoms with Crippen molar-refractivity contribution in [1.29, 1.82) is 0 Å². The quantitative estimate of drug-likeness (QED) is 0.377. The van der Waals surface area contributed by atoms with Crippen molar-refractivity contribution in [1.82, 2.24) is 4.90 Å². The van der Waals surface area contributed by atoms with Crippen LogP contribution in [0.1, 0.15) is 20.7 Å². The van der Waals surface area contributed by atoms with Gasteiger partial charge in [0.2, 0.25) is 0 Å². The van der Waals surface area contributed by atoms with E-state index in [4.69, 9.17) is 11.6 Å². The van der Waals surface area contributed by atoms with Gasteiger partial charge in [-0.1, -0.05) is 35.5 Å². The van der Waals surface area contributed by atoms with E-state index in [1.54, 1.807) is 20.2 Å². The van der Waals surface area contributed by atoms with Crippen molar-refractivity contribution in [2.45, 2.75) is 9.79 Å². The van der Waals surface area contributed by atoms with Crippen LogP contribution in [-0.2, 0) is 0 Å². The van der Waals surface area contributed by atoms with Gasteiger partial charge in [-0.3, -0.25) is 19.7 Å². The van der Waals surface area contributed by atoms with Crippen LogP contribution in [0.5, 0.6) is 0 Å². The van der Waals surface area contributed by atoms with Gasteiger partial charge < -0.3 is 10.2 Å². The van der Waals surface area contributed by atoms with E-state index in [1.807, 2.05) is 0 Å². The van der Waals surface area contributed by atoms with Gasteiger partial charge >= 0.3 is 0 Å². The van der Waals surface area contributed by atoms with Crippen LogP contribution < -0.4 is 5.32 Å². The third-order valence-electron chi connectivity index (χ3n) is 4.34. The Morgan fingerprint density at radius 1 is 1.06 bits per heavy atom. The Morgan fingerprint density at radius 3 is 2.44 bits per heavy atom. The van der Waals surface area contributed by atoms with E-state index in [2.05, 4.69) is 5.32 Å². The van der Waals surface area contributed by atoms with E-state index in [-0.39, 0.29) is 32.8 Å². The number of rotatable bonds is 6. The van der Waals surface area contributed by atoms with Crippen LogP contribution in [-0.4, -0.2) is 35.7 Å². The molecule has 0 fully saturated rings. The molecule has 0 spiro atoms. The molecule has 0 heterocycles. The molecule has 0 saturated heterocycles. The minimum Gasteiger partial charge on any atom is -0.345 e. The average Bonchev–Trinajstić information content (AvgIpc) is 2.76. The molecule has 0 aliphatic heterocycles. The summed E-state index contributed by atoms with van der Waals surface area (Å²) in [6, 6.07) is 14.1. The molecule has 0 radical (unpaired) electrons. The first kappa shape index (κ1) is 23.2. The Balaban J connectivity index is 1.99. The lowest BCUT2D eigenvalue weighted by Crippen LogP contribution is -2.22. The van der Waals surface area contributed by atoms with Gasteiger partial charge in [-0.05, 0) is 36.4 Å².